The predicted octanol–water partition coefficient (Wildman–Crippen LogP) is 2.13. The number of piperidine rings is 1. The van der Waals surface area contributed by atoms with Gasteiger partial charge in [0.2, 0.25) is 0 Å². The van der Waals surface area contributed by atoms with Gasteiger partial charge in [-0.2, -0.15) is 0 Å². The molecule has 1 aliphatic heterocycles. The lowest BCUT2D eigenvalue weighted by Crippen LogP contribution is -2.41. The summed E-state index contributed by atoms with van der Waals surface area (Å²) in [6.07, 6.45) is 5.97. The first-order valence-corrected chi connectivity index (χ1v) is 4.97. The number of hydrogen-bond donors (Lipinski definition) is 0. The van der Waals surface area contributed by atoms with E-state index in [-0.39, 0.29) is 0 Å². The average Bonchev–Trinajstić information content (AvgIpc) is 2.36. The van der Waals surface area contributed by atoms with Gasteiger partial charge in [-0.15, -0.1) is 0 Å². The van der Waals surface area contributed by atoms with Crippen LogP contribution in [0.25, 0.3) is 0 Å². The van der Waals surface area contributed by atoms with E-state index in [4.69, 9.17) is 0 Å². The van der Waals surface area contributed by atoms with Crippen molar-refractivity contribution in [2.24, 2.45) is 11.8 Å². The number of hydrogen-bond acceptors (Lipinski definition) is 1. The number of fused-ring (bicyclic) bond motifs is 1. The second-order valence-corrected chi connectivity index (χ2v) is 4.48. The summed E-state index contributed by atoms with van der Waals surface area (Å²) in [6, 6.07) is 0.842. The molecule has 2 fully saturated rings. The summed E-state index contributed by atoms with van der Waals surface area (Å²) < 4.78 is 0. The monoisotopic (exact) mass is 153 g/mol. The van der Waals surface area contributed by atoms with Crippen LogP contribution >= 0.6 is 0 Å². The molecular weight excluding hydrogens is 134 g/mol. The molecule has 1 heteroatoms. The Hall–Kier alpha value is -0.0400. The quantitative estimate of drug-likeness (QED) is 0.515. The second kappa shape index (κ2) is 2.78. The van der Waals surface area contributed by atoms with Crippen LogP contribution in [-0.2, 0) is 0 Å². The Morgan fingerprint density at radius 1 is 1.18 bits per heavy atom. The van der Waals surface area contributed by atoms with Crippen LogP contribution in [0.3, 0.4) is 0 Å². The molecule has 3 atom stereocenters. The Bertz CT molecular complexity index is 128. The fourth-order valence-corrected chi connectivity index (χ4v) is 2.83. The molecule has 2 rings (SSSR count). The van der Waals surface area contributed by atoms with Gasteiger partial charge in [-0.25, -0.2) is 0 Å². The van der Waals surface area contributed by atoms with Gasteiger partial charge in [0, 0.05) is 12.6 Å². The summed E-state index contributed by atoms with van der Waals surface area (Å²) >= 11 is 0. The van der Waals surface area contributed by atoms with Gasteiger partial charge in [-0.05, 0) is 38.6 Å². The van der Waals surface area contributed by atoms with Crippen LogP contribution < -0.4 is 0 Å². The summed E-state index contributed by atoms with van der Waals surface area (Å²) in [5.74, 6) is 2.14. The van der Waals surface area contributed by atoms with Gasteiger partial charge in [-0.3, -0.25) is 0 Å². The minimum atomic E-state index is 0.842. The van der Waals surface area contributed by atoms with Crippen LogP contribution in [0.1, 0.15) is 32.6 Å². The molecule has 0 aromatic heterocycles. The smallest absolute Gasteiger partial charge is 0.00667 e. The Balaban J connectivity index is 2.00. The normalized spacial score (nSPS) is 45.8. The van der Waals surface area contributed by atoms with Crippen molar-refractivity contribution in [2.75, 3.05) is 13.6 Å². The first-order chi connectivity index (χ1) is 5.27. The Morgan fingerprint density at radius 2 is 1.91 bits per heavy atom. The SMILES string of the molecule is CC1CC2CCCC2CN1C. The largest absolute Gasteiger partial charge is 0.303 e. The van der Waals surface area contributed by atoms with E-state index in [1.165, 1.54) is 32.2 Å². The predicted molar refractivity (Wildman–Crippen MR) is 47.5 cm³/mol. The molecule has 0 aromatic rings. The highest BCUT2D eigenvalue weighted by Crippen LogP contribution is 2.39. The van der Waals surface area contributed by atoms with E-state index in [1.54, 1.807) is 0 Å². The molecule has 64 valence electrons. The van der Waals surface area contributed by atoms with Gasteiger partial charge in [-0.1, -0.05) is 12.8 Å². The lowest BCUT2D eigenvalue weighted by atomic mass is 9.85. The zero-order chi connectivity index (χ0) is 7.84. The molecular formula is C10H19N. The summed E-state index contributed by atoms with van der Waals surface area (Å²) in [6.45, 7) is 3.74. The Morgan fingerprint density at radius 3 is 2.73 bits per heavy atom. The minimum absolute atomic E-state index is 0.842. The van der Waals surface area contributed by atoms with Crippen LogP contribution in [0.2, 0.25) is 0 Å². The van der Waals surface area contributed by atoms with Gasteiger partial charge >= 0.3 is 0 Å². The highest BCUT2D eigenvalue weighted by molar-refractivity contribution is 4.87. The Labute approximate surface area is 69.8 Å². The van der Waals surface area contributed by atoms with Gasteiger partial charge < -0.3 is 4.90 Å². The van der Waals surface area contributed by atoms with E-state index in [2.05, 4.69) is 18.9 Å². The van der Waals surface area contributed by atoms with Gasteiger partial charge in [0.05, 0.1) is 0 Å². The highest BCUT2D eigenvalue weighted by atomic mass is 15.1. The maximum absolute atomic E-state index is 2.53. The van der Waals surface area contributed by atoms with Gasteiger partial charge in [0.25, 0.3) is 0 Å². The molecule has 1 heterocycles. The summed E-state index contributed by atoms with van der Waals surface area (Å²) in [4.78, 5) is 2.53. The van der Waals surface area contributed by atoms with Crippen LogP contribution in [-0.4, -0.2) is 24.5 Å². The highest BCUT2D eigenvalue weighted by Gasteiger charge is 2.34. The van der Waals surface area contributed by atoms with Crippen molar-refractivity contribution in [2.45, 2.75) is 38.6 Å². The molecule has 11 heavy (non-hydrogen) atoms. The zero-order valence-corrected chi connectivity index (χ0v) is 7.71. The van der Waals surface area contributed by atoms with E-state index < -0.39 is 0 Å². The maximum Gasteiger partial charge on any atom is 0.00667 e. The van der Waals surface area contributed by atoms with Crippen LogP contribution in [0.15, 0.2) is 0 Å². The Kier molecular flexibility index (Phi) is 1.92. The molecule has 0 spiro atoms. The molecule has 1 nitrogen and oxygen atoms in total. The summed E-state index contributed by atoms with van der Waals surface area (Å²) in [5.41, 5.74) is 0. The van der Waals surface area contributed by atoms with Crippen LogP contribution in [0.4, 0.5) is 0 Å². The van der Waals surface area contributed by atoms with Crippen LogP contribution in [0, 0.1) is 11.8 Å². The van der Waals surface area contributed by atoms with E-state index in [1.807, 2.05) is 0 Å². The molecule has 1 aliphatic carbocycles. The van der Waals surface area contributed by atoms with Crippen LogP contribution in [0.5, 0.6) is 0 Å². The molecule has 0 aromatic carbocycles. The topological polar surface area (TPSA) is 3.24 Å². The standard InChI is InChI=1S/C10H19N/c1-8-6-9-4-3-5-10(9)7-11(8)2/h8-10H,3-7H2,1-2H3. The lowest BCUT2D eigenvalue weighted by molar-refractivity contribution is 0.112. The third kappa shape index (κ3) is 1.31. The zero-order valence-electron chi connectivity index (χ0n) is 7.71. The first kappa shape index (κ1) is 7.60. The van der Waals surface area contributed by atoms with Crippen molar-refractivity contribution in [3.05, 3.63) is 0 Å². The minimum Gasteiger partial charge on any atom is -0.303 e. The molecule has 2 aliphatic rings. The van der Waals surface area contributed by atoms with Crippen molar-refractivity contribution in [3.63, 3.8) is 0 Å². The third-order valence-electron chi connectivity index (χ3n) is 3.74. The maximum atomic E-state index is 2.53. The van der Waals surface area contributed by atoms with E-state index in [0.717, 1.165) is 17.9 Å². The van der Waals surface area contributed by atoms with Gasteiger partial charge in [0.15, 0.2) is 0 Å². The second-order valence-electron chi connectivity index (χ2n) is 4.48. The van der Waals surface area contributed by atoms with Crippen molar-refractivity contribution in [1.29, 1.82) is 0 Å². The number of likely N-dealkylation sites (tertiary alicyclic amines) is 1. The van der Waals surface area contributed by atoms with E-state index in [0.29, 0.717) is 0 Å². The molecule has 1 saturated carbocycles. The molecule has 0 amide bonds. The van der Waals surface area contributed by atoms with Crippen molar-refractivity contribution >= 4 is 0 Å². The lowest BCUT2D eigenvalue weighted by Gasteiger charge is -2.37. The van der Waals surface area contributed by atoms with Crippen molar-refractivity contribution in [1.82, 2.24) is 4.90 Å². The van der Waals surface area contributed by atoms with Gasteiger partial charge in [0.1, 0.15) is 0 Å². The van der Waals surface area contributed by atoms with Crippen molar-refractivity contribution in [3.8, 4) is 0 Å². The average molecular weight is 153 g/mol. The van der Waals surface area contributed by atoms with E-state index in [9.17, 15) is 0 Å². The molecule has 0 N–H and O–H groups in total. The fraction of sp³-hybridized carbons (Fsp3) is 1.00. The molecule has 0 bridgehead atoms. The number of nitrogens with zero attached hydrogens (tertiary/aromatic N) is 1. The summed E-state index contributed by atoms with van der Waals surface area (Å²) in [5, 5.41) is 0. The molecule has 0 radical (unpaired) electrons. The molecule has 3 unspecified atom stereocenters. The third-order valence-corrected chi connectivity index (χ3v) is 3.74. The summed E-state index contributed by atoms with van der Waals surface area (Å²) in [7, 11) is 2.28. The number of rotatable bonds is 0. The van der Waals surface area contributed by atoms with E-state index >= 15 is 0 Å². The molecule has 1 saturated heterocycles. The fourth-order valence-electron chi connectivity index (χ4n) is 2.83. The van der Waals surface area contributed by atoms with Crippen molar-refractivity contribution < 1.29 is 0 Å². The first-order valence-electron chi connectivity index (χ1n) is 4.97.